The van der Waals surface area contributed by atoms with Crippen LogP contribution in [0, 0.1) is 0 Å². The first-order valence-corrected chi connectivity index (χ1v) is 11.9. The van der Waals surface area contributed by atoms with E-state index in [0.29, 0.717) is 28.7 Å². The predicted octanol–water partition coefficient (Wildman–Crippen LogP) is 4.77. The maximum absolute atomic E-state index is 12.7. The molecule has 3 aromatic rings. The van der Waals surface area contributed by atoms with Gasteiger partial charge in [0.2, 0.25) is 0 Å². The van der Waals surface area contributed by atoms with Gasteiger partial charge in [-0.2, -0.15) is 0 Å². The Morgan fingerprint density at radius 2 is 1.87 bits per heavy atom. The number of rotatable bonds is 10. The van der Waals surface area contributed by atoms with E-state index >= 15 is 0 Å². The Kier molecular flexibility index (Phi) is 7.42. The van der Waals surface area contributed by atoms with Gasteiger partial charge in [0.05, 0.1) is 17.1 Å². The molecule has 1 heterocycles. The molecule has 3 rings (SSSR count). The predicted molar refractivity (Wildman–Crippen MR) is 119 cm³/mol. The Morgan fingerprint density at radius 3 is 2.57 bits per heavy atom. The van der Waals surface area contributed by atoms with Crippen molar-refractivity contribution in [3.63, 3.8) is 0 Å². The van der Waals surface area contributed by atoms with Crippen molar-refractivity contribution >= 4 is 38.1 Å². The van der Waals surface area contributed by atoms with Crippen LogP contribution in [-0.2, 0) is 10.0 Å². The van der Waals surface area contributed by atoms with E-state index in [2.05, 4.69) is 21.9 Å². The van der Waals surface area contributed by atoms with Gasteiger partial charge < -0.3 is 10.1 Å². The molecule has 0 saturated carbocycles. The van der Waals surface area contributed by atoms with E-state index in [1.165, 1.54) is 29.7 Å². The fraction of sp³-hybridized carbons (Fsp3) is 0.238. The number of anilines is 2. The molecule has 0 saturated heterocycles. The fourth-order valence-corrected chi connectivity index (χ4v) is 4.47. The first-order valence-electron chi connectivity index (χ1n) is 9.55. The number of unbranched alkanes of at least 4 members (excludes halogenated alkanes) is 2. The van der Waals surface area contributed by atoms with Crippen LogP contribution in [0.25, 0.3) is 0 Å². The van der Waals surface area contributed by atoms with E-state index in [1.807, 2.05) is 6.07 Å². The third-order valence-corrected chi connectivity index (χ3v) is 6.39. The molecule has 2 aromatic carbocycles. The smallest absolute Gasteiger partial charge is 0.263 e. The Hall–Kier alpha value is -2.91. The number of thiazole rings is 1. The third kappa shape index (κ3) is 5.80. The number of benzene rings is 2. The fourth-order valence-electron chi connectivity index (χ4n) is 2.68. The molecule has 0 atom stereocenters. The van der Waals surface area contributed by atoms with Crippen LogP contribution < -0.4 is 14.8 Å². The highest BCUT2D eigenvalue weighted by atomic mass is 32.2. The van der Waals surface area contributed by atoms with Gasteiger partial charge in [0.15, 0.2) is 5.13 Å². The van der Waals surface area contributed by atoms with Crippen molar-refractivity contribution in [1.82, 2.24) is 4.98 Å². The molecule has 1 amide bonds. The van der Waals surface area contributed by atoms with Crippen LogP contribution in [0.4, 0.5) is 10.8 Å². The van der Waals surface area contributed by atoms with E-state index < -0.39 is 10.0 Å². The van der Waals surface area contributed by atoms with Gasteiger partial charge >= 0.3 is 0 Å². The summed E-state index contributed by atoms with van der Waals surface area (Å²) < 4.78 is 33.0. The molecule has 0 aliphatic heterocycles. The molecule has 30 heavy (non-hydrogen) atoms. The highest BCUT2D eigenvalue weighted by Crippen LogP contribution is 2.22. The third-order valence-electron chi connectivity index (χ3n) is 4.21. The number of sulfonamides is 1. The van der Waals surface area contributed by atoms with Gasteiger partial charge in [0.25, 0.3) is 15.9 Å². The summed E-state index contributed by atoms with van der Waals surface area (Å²) in [5, 5.41) is 4.76. The summed E-state index contributed by atoms with van der Waals surface area (Å²) in [6, 6.07) is 13.0. The summed E-state index contributed by atoms with van der Waals surface area (Å²) in [5.74, 6) is 0.204. The minimum absolute atomic E-state index is 0.0790. The number of hydrogen-bond donors (Lipinski definition) is 2. The van der Waals surface area contributed by atoms with Crippen LogP contribution in [0.2, 0.25) is 0 Å². The number of carbonyl (C=O) groups is 1. The highest BCUT2D eigenvalue weighted by Gasteiger charge is 2.16. The Balaban J connectivity index is 1.66. The molecule has 7 nitrogen and oxygen atoms in total. The Bertz CT molecular complexity index is 1070. The highest BCUT2D eigenvalue weighted by molar-refractivity contribution is 7.93. The first-order chi connectivity index (χ1) is 14.5. The standard InChI is InChI=1S/C21H23N3O4S2/c1-2-3-6-14-28-19-8-5-4-7-18(19)20(25)23-16-9-11-17(12-10-16)30(26,27)24-21-22-13-15-29-21/h4-5,7-13,15H,2-3,6,14H2,1H3,(H,22,24)(H,23,25). The normalized spacial score (nSPS) is 11.1. The molecule has 9 heteroatoms. The summed E-state index contributed by atoms with van der Waals surface area (Å²) in [4.78, 5) is 16.7. The Morgan fingerprint density at radius 1 is 1.10 bits per heavy atom. The van der Waals surface area contributed by atoms with Crippen molar-refractivity contribution in [2.45, 2.75) is 31.1 Å². The first kappa shape index (κ1) is 21.8. The number of para-hydroxylation sites is 1. The summed E-state index contributed by atoms with van der Waals surface area (Å²) in [5.41, 5.74) is 0.908. The van der Waals surface area contributed by atoms with E-state index in [4.69, 9.17) is 4.74 Å². The molecule has 0 fully saturated rings. The summed E-state index contributed by atoms with van der Waals surface area (Å²) in [6.45, 7) is 2.67. The number of nitrogens with one attached hydrogen (secondary N) is 2. The van der Waals surface area contributed by atoms with Gasteiger partial charge in [-0.25, -0.2) is 13.4 Å². The summed E-state index contributed by atoms with van der Waals surface area (Å²) in [6.07, 6.45) is 4.61. The maximum atomic E-state index is 12.7. The molecule has 0 bridgehead atoms. The number of aromatic nitrogens is 1. The van der Waals surface area contributed by atoms with E-state index in [0.717, 1.165) is 19.3 Å². The molecule has 1 aromatic heterocycles. The Labute approximate surface area is 180 Å². The summed E-state index contributed by atoms with van der Waals surface area (Å²) >= 11 is 1.19. The van der Waals surface area contributed by atoms with Crippen LogP contribution in [-0.4, -0.2) is 25.9 Å². The van der Waals surface area contributed by atoms with Gasteiger partial charge in [-0.1, -0.05) is 31.9 Å². The van der Waals surface area contributed by atoms with E-state index in [-0.39, 0.29) is 10.8 Å². The monoisotopic (exact) mass is 445 g/mol. The van der Waals surface area contributed by atoms with Crippen LogP contribution in [0.5, 0.6) is 5.75 Å². The van der Waals surface area contributed by atoms with Crippen LogP contribution in [0.3, 0.4) is 0 Å². The lowest BCUT2D eigenvalue weighted by Gasteiger charge is -2.12. The average molecular weight is 446 g/mol. The number of hydrogen-bond acceptors (Lipinski definition) is 6. The van der Waals surface area contributed by atoms with Gasteiger partial charge in [0.1, 0.15) is 5.75 Å². The number of nitrogens with zero attached hydrogens (tertiary/aromatic N) is 1. The largest absolute Gasteiger partial charge is 0.493 e. The summed E-state index contributed by atoms with van der Waals surface area (Å²) in [7, 11) is -3.74. The molecule has 0 aliphatic carbocycles. The lowest BCUT2D eigenvalue weighted by molar-refractivity contribution is 0.102. The molecule has 2 N–H and O–H groups in total. The minimum atomic E-state index is -3.74. The number of ether oxygens (including phenoxy) is 1. The van der Waals surface area contributed by atoms with Crippen LogP contribution in [0.15, 0.2) is 65.0 Å². The van der Waals surface area contributed by atoms with Gasteiger partial charge in [0, 0.05) is 17.3 Å². The van der Waals surface area contributed by atoms with Gasteiger partial charge in [-0.3, -0.25) is 9.52 Å². The second-order valence-corrected chi connectivity index (χ2v) is 9.05. The molecule has 0 aliphatic rings. The maximum Gasteiger partial charge on any atom is 0.263 e. The molecular formula is C21H23N3O4S2. The van der Waals surface area contributed by atoms with Crippen molar-refractivity contribution in [2.75, 3.05) is 16.6 Å². The molecule has 0 spiro atoms. The zero-order valence-electron chi connectivity index (χ0n) is 16.5. The molecule has 158 valence electrons. The van der Waals surface area contributed by atoms with Crippen molar-refractivity contribution in [2.24, 2.45) is 0 Å². The van der Waals surface area contributed by atoms with Gasteiger partial charge in [-0.05, 0) is 42.8 Å². The lowest BCUT2D eigenvalue weighted by atomic mass is 10.2. The van der Waals surface area contributed by atoms with Gasteiger partial charge in [-0.15, -0.1) is 11.3 Å². The van der Waals surface area contributed by atoms with E-state index in [9.17, 15) is 13.2 Å². The zero-order valence-corrected chi connectivity index (χ0v) is 18.1. The number of amides is 1. The molecular weight excluding hydrogens is 422 g/mol. The lowest BCUT2D eigenvalue weighted by Crippen LogP contribution is -2.15. The van der Waals surface area contributed by atoms with E-state index in [1.54, 1.807) is 35.7 Å². The SMILES string of the molecule is CCCCCOc1ccccc1C(=O)Nc1ccc(S(=O)(=O)Nc2nccs2)cc1. The van der Waals surface area contributed by atoms with Crippen molar-refractivity contribution in [1.29, 1.82) is 0 Å². The topological polar surface area (TPSA) is 97.4 Å². The second kappa shape index (κ2) is 10.2. The van der Waals surface area contributed by atoms with Crippen molar-refractivity contribution < 1.29 is 17.9 Å². The van der Waals surface area contributed by atoms with Crippen molar-refractivity contribution in [3.05, 3.63) is 65.7 Å². The quantitative estimate of drug-likeness (QED) is 0.438. The van der Waals surface area contributed by atoms with Crippen molar-refractivity contribution in [3.8, 4) is 5.75 Å². The molecule has 0 unspecified atom stereocenters. The second-order valence-electron chi connectivity index (χ2n) is 6.47. The molecule has 0 radical (unpaired) electrons. The zero-order chi connectivity index (χ0) is 21.4. The van der Waals surface area contributed by atoms with Crippen LogP contribution >= 0.6 is 11.3 Å². The average Bonchev–Trinajstić information content (AvgIpc) is 3.24. The van der Waals surface area contributed by atoms with Crippen LogP contribution in [0.1, 0.15) is 36.5 Å². The number of carbonyl (C=O) groups excluding carboxylic acids is 1. The minimum Gasteiger partial charge on any atom is -0.493 e.